The normalized spacial score (nSPS) is 11.0. The van der Waals surface area contributed by atoms with E-state index in [0.29, 0.717) is 17.2 Å². The summed E-state index contributed by atoms with van der Waals surface area (Å²) < 4.78 is 16.2. The molecule has 2 heterocycles. The van der Waals surface area contributed by atoms with E-state index in [0.717, 1.165) is 45.0 Å². The molecule has 8 heteroatoms. The second-order valence-corrected chi connectivity index (χ2v) is 7.23. The van der Waals surface area contributed by atoms with Gasteiger partial charge in [0.25, 0.3) is 0 Å². The van der Waals surface area contributed by atoms with E-state index in [1.54, 1.807) is 39.0 Å². The summed E-state index contributed by atoms with van der Waals surface area (Å²) in [6.45, 7) is 0. The van der Waals surface area contributed by atoms with Gasteiger partial charge in [-0.25, -0.2) is 4.98 Å². The molecule has 0 bridgehead atoms. The highest BCUT2D eigenvalue weighted by atomic mass is 32.1. The first kappa shape index (κ1) is 18.2. The summed E-state index contributed by atoms with van der Waals surface area (Å²) in [7, 11) is 4.84. The number of hydrogen-bond acceptors (Lipinski definition) is 7. The number of rotatable bonds is 7. The Bertz CT molecular complexity index is 1080. The molecule has 0 fully saturated rings. The van der Waals surface area contributed by atoms with Crippen molar-refractivity contribution in [2.45, 2.75) is 12.8 Å². The first-order valence-electron chi connectivity index (χ1n) is 8.76. The summed E-state index contributed by atoms with van der Waals surface area (Å²) in [5.41, 5.74) is 4.06. The van der Waals surface area contributed by atoms with Gasteiger partial charge < -0.3 is 19.2 Å². The average Bonchev–Trinajstić information content (AvgIpc) is 3.40. The van der Waals surface area contributed by atoms with E-state index < -0.39 is 0 Å². The number of H-pyrrole nitrogens is 1. The highest BCUT2D eigenvalue weighted by molar-refractivity contribution is 7.14. The quantitative estimate of drug-likeness (QED) is 0.510. The minimum absolute atomic E-state index is 0.598. The molecule has 2 aromatic heterocycles. The molecule has 0 spiro atoms. The van der Waals surface area contributed by atoms with E-state index in [2.05, 4.69) is 20.2 Å². The predicted octanol–water partition coefficient (Wildman–Crippen LogP) is 3.89. The number of benzene rings is 2. The second kappa shape index (κ2) is 7.85. The monoisotopic (exact) mass is 396 g/mol. The van der Waals surface area contributed by atoms with Crippen LogP contribution in [-0.4, -0.2) is 41.5 Å². The Morgan fingerprint density at radius 1 is 0.929 bits per heavy atom. The molecule has 0 radical (unpaired) electrons. The number of ether oxygens (including phenoxy) is 3. The molecular weight excluding hydrogens is 376 g/mol. The fraction of sp³-hybridized carbons (Fsp3) is 0.250. The molecule has 0 amide bonds. The van der Waals surface area contributed by atoms with Crippen LogP contribution >= 0.6 is 11.3 Å². The fourth-order valence-electron chi connectivity index (χ4n) is 3.07. The van der Waals surface area contributed by atoms with E-state index in [-0.39, 0.29) is 0 Å². The van der Waals surface area contributed by atoms with Gasteiger partial charge >= 0.3 is 0 Å². The first-order valence-corrected chi connectivity index (χ1v) is 9.58. The van der Waals surface area contributed by atoms with Crippen molar-refractivity contribution < 1.29 is 14.2 Å². The van der Waals surface area contributed by atoms with Crippen LogP contribution in [0.15, 0.2) is 36.7 Å². The fourth-order valence-corrected chi connectivity index (χ4v) is 3.91. The lowest BCUT2D eigenvalue weighted by atomic mass is 10.1. The lowest BCUT2D eigenvalue weighted by Gasteiger charge is -2.13. The van der Waals surface area contributed by atoms with Gasteiger partial charge in [-0.15, -0.1) is 10.2 Å². The van der Waals surface area contributed by atoms with E-state index in [4.69, 9.17) is 14.2 Å². The van der Waals surface area contributed by atoms with Gasteiger partial charge in [0.15, 0.2) is 11.5 Å². The van der Waals surface area contributed by atoms with Crippen LogP contribution in [0, 0.1) is 0 Å². The molecular formula is C20H20N4O3S. The highest BCUT2D eigenvalue weighted by Gasteiger charge is 2.14. The number of methoxy groups -OCH3 is 3. The zero-order valence-electron chi connectivity index (χ0n) is 15.9. The Morgan fingerprint density at radius 2 is 1.71 bits per heavy atom. The molecule has 28 heavy (non-hydrogen) atoms. The number of hydrogen-bond donors (Lipinski definition) is 1. The topological polar surface area (TPSA) is 82.2 Å². The van der Waals surface area contributed by atoms with Crippen LogP contribution in [0.25, 0.3) is 21.6 Å². The largest absolute Gasteiger partial charge is 0.493 e. The third-order valence-electron chi connectivity index (χ3n) is 4.49. The van der Waals surface area contributed by atoms with E-state index >= 15 is 0 Å². The van der Waals surface area contributed by atoms with Crippen LogP contribution in [0.2, 0.25) is 0 Å². The van der Waals surface area contributed by atoms with E-state index in [1.165, 1.54) is 0 Å². The Hall–Kier alpha value is -3.13. The van der Waals surface area contributed by atoms with Gasteiger partial charge in [0.05, 0.1) is 38.7 Å². The summed E-state index contributed by atoms with van der Waals surface area (Å²) >= 11 is 1.60. The van der Waals surface area contributed by atoms with Crippen LogP contribution in [0.1, 0.15) is 10.6 Å². The molecule has 4 rings (SSSR count). The number of aromatic amines is 1. The van der Waals surface area contributed by atoms with Crippen LogP contribution in [0.3, 0.4) is 0 Å². The number of fused-ring (bicyclic) bond motifs is 1. The molecule has 1 N–H and O–H groups in total. The number of nitrogens with zero attached hydrogens (tertiary/aromatic N) is 3. The van der Waals surface area contributed by atoms with Crippen molar-refractivity contribution in [2.75, 3.05) is 21.3 Å². The molecule has 0 atom stereocenters. The van der Waals surface area contributed by atoms with Gasteiger partial charge in [0.2, 0.25) is 5.75 Å². The number of nitrogens with one attached hydrogen (secondary N) is 1. The minimum Gasteiger partial charge on any atom is -0.493 e. The summed E-state index contributed by atoms with van der Waals surface area (Å²) in [4.78, 5) is 7.37. The lowest BCUT2D eigenvalue weighted by Crippen LogP contribution is -1.98. The van der Waals surface area contributed by atoms with E-state index in [9.17, 15) is 0 Å². The minimum atomic E-state index is 0.598. The number of imidazole rings is 1. The SMILES string of the molecule is COc1cc(CCc2nnc(-c3ccc4nc[nH]c4c3)s2)cc(OC)c1OC. The Kier molecular flexibility index (Phi) is 5.12. The molecule has 144 valence electrons. The zero-order valence-corrected chi connectivity index (χ0v) is 16.7. The average molecular weight is 396 g/mol. The molecule has 4 aromatic rings. The van der Waals surface area contributed by atoms with Gasteiger partial charge in [-0.2, -0.15) is 0 Å². The maximum absolute atomic E-state index is 5.42. The van der Waals surface area contributed by atoms with Crippen molar-refractivity contribution in [2.24, 2.45) is 0 Å². The molecule has 2 aromatic carbocycles. The third kappa shape index (κ3) is 3.50. The van der Waals surface area contributed by atoms with Crippen LogP contribution in [0.5, 0.6) is 17.2 Å². The summed E-state index contributed by atoms with van der Waals surface area (Å²) in [6, 6.07) is 9.99. The summed E-state index contributed by atoms with van der Waals surface area (Å²) in [5.74, 6) is 1.91. The predicted molar refractivity (Wildman–Crippen MR) is 109 cm³/mol. The zero-order chi connectivity index (χ0) is 19.5. The van der Waals surface area contributed by atoms with Gasteiger partial charge in [-0.1, -0.05) is 11.3 Å². The van der Waals surface area contributed by atoms with Crippen LogP contribution < -0.4 is 14.2 Å². The Labute approximate surface area is 166 Å². The maximum atomic E-state index is 5.42. The third-order valence-corrected chi connectivity index (χ3v) is 5.52. The van der Waals surface area contributed by atoms with Crippen LogP contribution in [-0.2, 0) is 12.8 Å². The smallest absolute Gasteiger partial charge is 0.203 e. The van der Waals surface area contributed by atoms with E-state index in [1.807, 2.05) is 30.3 Å². The van der Waals surface area contributed by atoms with Crippen molar-refractivity contribution >= 4 is 22.4 Å². The van der Waals surface area contributed by atoms with Crippen molar-refractivity contribution in [1.29, 1.82) is 0 Å². The van der Waals surface area contributed by atoms with Crippen molar-refractivity contribution in [3.8, 4) is 27.8 Å². The molecule has 0 aliphatic carbocycles. The maximum Gasteiger partial charge on any atom is 0.203 e. The molecule has 0 saturated heterocycles. The Balaban J connectivity index is 1.51. The molecule has 7 nitrogen and oxygen atoms in total. The van der Waals surface area contributed by atoms with Gasteiger partial charge in [0, 0.05) is 12.0 Å². The van der Waals surface area contributed by atoms with Crippen molar-refractivity contribution in [3.05, 3.63) is 47.2 Å². The highest BCUT2D eigenvalue weighted by Crippen LogP contribution is 2.38. The van der Waals surface area contributed by atoms with Crippen LogP contribution in [0.4, 0.5) is 0 Å². The number of aromatic nitrogens is 4. The van der Waals surface area contributed by atoms with Crippen molar-refractivity contribution in [1.82, 2.24) is 20.2 Å². The molecule has 0 aliphatic rings. The standard InChI is InChI=1S/C20H20N4O3S/c1-25-16-8-12(9-17(26-2)19(16)27-3)4-7-18-23-24-20(28-18)13-5-6-14-15(10-13)22-11-21-14/h5-6,8-11H,4,7H2,1-3H3,(H,21,22). The Morgan fingerprint density at radius 3 is 2.43 bits per heavy atom. The second-order valence-electron chi connectivity index (χ2n) is 6.17. The van der Waals surface area contributed by atoms with Gasteiger partial charge in [0.1, 0.15) is 10.0 Å². The molecule has 0 unspecified atom stereocenters. The van der Waals surface area contributed by atoms with Crippen molar-refractivity contribution in [3.63, 3.8) is 0 Å². The number of aryl methyl sites for hydroxylation is 2. The molecule has 0 saturated carbocycles. The van der Waals surface area contributed by atoms with Gasteiger partial charge in [-0.05, 0) is 42.3 Å². The molecule has 0 aliphatic heterocycles. The first-order chi connectivity index (χ1) is 13.7. The van der Waals surface area contributed by atoms with Gasteiger partial charge in [-0.3, -0.25) is 0 Å². The summed E-state index contributed by atoms with van der Waals surface area (Å²) in [5, 5.41) is 10.6. The summed E-state index contributed by atoms with van der Waals surface area (Å²) in [6.07, 6.45) is 3.27. The lowest BCUT2D eigenvalue weighted by molar-refractivity contribution is 0.324.